The van der Waals surface area contributed by atoms with Crippen molar-refractivity contribution in [3.05, 3.63) is 83.4 Å². The molecule has 0 N–H and O–H groups in total. The predicted octanol–water partition coefficient (Wildman–Crippen LogP) is 7.15. The van der Waals surface area contributed by atoms with E-state index in [-0.39, 0.29) is 0 Å². The fourth-order valence-corrected chi connectivity index (χ4v) is 3.72. The quantitative estimate of drug-likeness (QED) is 0.389. The number of allylic oxidation sites excluding steroid dienone is 1. The van der Waals surface area contributed by atoms with Crippen LogP contribution in [0.4, 0.5) is 13.2 Å². The standard InChI is InChI=1S/C25H25F3/c1-2-3-4-19-5-7-20(8-6-19)9-10-21-11-13-22(14-12-21)23-15-17-24(18-16-23)25(26,27)28/h2,5-8,15-18,21-22H,1,3-4,11-14H2/t21-,22-. The Morgan fingerprint density at radius 3 is 2.14 bits per heavy atom. The van der Waals surface area contributed by atoms with Gasteiger partial charge in [0.15, 0.2) is 0 Å². The number of aryl methyl sites for hydroxylation is 1. The highest BCUT2D eigenvalue weighted by atomic mass is 19.4. The summed E-state index contributed by atoms with van der Waals surface area (Å²) in [7, 11) is 0. The smallest absolute Gasteiger partial charge is 0.166 e. The number of hydrogen-bond donors (Lipinski definition) is 0. The van der Waals surface area contributed by atoms with Crippen LogP contribution in [-0.4, -0.2) is 0 Å². The lowest BCUT2D eigenvalue weighted by atomic mass is 9.79. The van der Waals surface area contributed by atoms with E-state index in [9.17, 15) is 13.2 Å². The summed E-state index contributed by atoms with van der Waals surface area (Å²) in [5.41, 5.74) is 2.76. The summed E-state index contributed by atoms with van der Waals surface area (Å²) in [6.45, 7) is 3.75. The van der Waals surface area contributed by atoms with Gasteiger partial charge >= 0.3 is 6.18 Å². The van der Waals surface area contributed by atoms with E-state index in [1.165, 1.54) is 17.7 Å². The molecule has 0 aliphatic heterocycles. The van der Waals surface area contributed by atoms with E-state index in [1.807, 2.05) is 6.08 Å². The van der Waals surface area contributed by atoms with E-state index < -0.39 is 11.7 Å². The predicted molar refractivity (Wildman–Crippen MR) is 108 cm³/mol. The van der Waals surface area contributed by atoms with Gasteiger partial charge in [-0.1, -0.05) is 42.2 Å². The second-order valence-corrected chi connectivity index (χ2v) is 7.46. The van der Waals surface area contributed by atoms with Crippen LogP contribution in [0.2, 0.25) is 0 Å². The number of rotatable bonds is 4. The number of benzene rings is 2. The molecule has 0 saturated heterocycles. The first-order valence-corrected chi connectivity index (χ1v) is 9.84. The van der Waals surface area contributed by atoms with Crippen molar-refractivity contribution in [2.45, 2.75) is 50.6 Å². The average molecular weight is 382 g/mol. The third kappa shape index (κ3) is 5.52. The van der Waals surface area contributed by atoms with Crippen molar-refractivity contribution < 1.29 is 13.2 Å². The molecule has 1 aliphatic carbocycles. The van der Waals surface area contributed by atoms with E-state index in [4.69, 9.17) is 0 Å². The van der Waals surface area contributed by atoms with E-state index in [0.717, 1.165) is 49.7 Å². The molecule has 0 bridgehead atoms. The van der Waals surface area contributed by atoms with Gasteiger partial charge in [0.1, 0.15) is 0 Å². The SMILES string of the molecule is C=CCCc1ccc(C#C[C@H]2CC[C@H](c3ccc(C(F)(F)F)cc3)CC2)cc1. The van der Waals surface area contributed by atoms with Crippen LogP contribution in [0.3, 0.4) is 0 Å². The third-order valence-electron chi connectivity index (χ3n) is 5.45. The Bertz CT molecular complexity index is 825. The van der Waals surface area contributed by atoms with Crippen LogP contribution in [-0.2, 0) is 12.6 Å². The molecule has 0 atom stereocenters. The topological polar surface area (TPSA) is 0 Å². The van der Waals surface area contributed by atoms with Gasteiger partial charge in [-0.2, -0.15) is 13.2 Å². The van der Waals surface area contributed by atoms with Gasteiger partial charge in [0, 0.05) is 11.5 Å². The minimum atomic E-state index is -4.27. The molecule has 0 nitrogen and oxygen atoms in total. The fraction of sp³-hybridized carbons (Fsp3) is 0.360. The van der Waals surface area contributed by atoms with Gasteiger partial charge < -0.3 is 0 Å². The van der Waals surface area contributed by atoms with Crippen LogP contribution in [0.15, 0.2) is 61.2 Å². The maximum Gasteiger partial charge on any atom is 0.416 e. The van der Waals surface area contributed by atoms with Crippen molar-refractivity contribution in [3.8, 4) is 11.8 Å². The summed E-state index contributed by atoms with van der Waals surface area (Å²) in [5, 5.41) is 0. The monoisotopic (exact) mass is 382 g/mol. The number of hydrogen-bond acceptors (Lipinski definition) is 0. The van der Waals surface area contributed by atoms with Gasteiger partial charge in [0.2, 0.25) is 0 Å². The zero-order chi connectivity index (χ0) is 20.0. The Morgan fingerprint density at radius 2 is 1.57 bits per heavy atom. The number of alkyl halides is 3. The molecular weight excluding hydrogens is 357 g/mol. The minimum Gasteiger partial charge on any atom is -0.166 e. The molecule has 0 aromatic heterocycles. The molecule has 0 amide bonds. The molecule has 1 fully saturated rings. The maximum atomic E-state index is 12.7. The van der Waals surface area contributed by atoms with Crippen LogP contribution >= 0.6 is 0 Å². The Kier molecular flexibility index (Phi) is 6.62. The highest BCUT2D eigenvalue weighted by Gasteiger charge is 2.30. The van der Waals surface area contributed by atoms with Crippen LogP contribution in [0.1, 0.15) is 60.3 Å². The summed E-state index contributed by atoms with van der Waals surface area (Å²) >= 11 is 0. The van der Waals surface area contributed by atoms with Crippen molar-refractivity contribution in [1.29, 1.82) is 0 Å². The summed E-state index contributed by atoms with van der Waals surface area (Å²) in [5.74, 6) is 7.37. The molecule has 0 spiro atoms. The van der Waals surface area contributed by atoms with Crippen molar-refractivity contribution in [2.75, 3.05) is 0 Å². The fourth-order valence-electron chi connectivity index (χ4n) is 3.72. The van der Waals surface area contributed by atoms with Crippen LogP contribution in [0, 0.1) is 17.8 Å². The van der Waals surface area contributed by atoms with Crippen molar-refractivity contribution in [2.24, 2.45) is 5.92 Å². The zero-order valence-electron chi connectivity index (χ0n) is 15.9. The van der Waals surface area contributed by atoms with Gasteiger partial charge in [0.05, 0.1) is 5.56 Å². The third-order valence-corrected chi connectivity index (χ3v) is 5.45. The van der Waals surface area contributed by atoms with Gasteiger partial charge in [-0.25, -0.2) is 0 Å². The van der Waals surface area contributed by atoms with Crippen molar-refractivity contribution >= 4 is 0 Å². The first-order chi connectivity index (χ1) is 13.5. The molecular formula is C25H25F3. The average Bonchev–Trinajstić information content (AvgIpc) is 2.71. The van der Waals surface area contributed by atoms with Crippen molar-refractivity contribution in [3.63, 3.8) is 0 Å². The summed E-state index contributed by atoms with van der Waals surface area (Å²) in [6, 6.07) is 14.0. The Balaban J connectivity index is 1.53. The molecule has 1 saturated carbocycles. The lowest BCUT2D eigenvalue weighted by Crippen LogP contribution is -2.12. The molecule has 3 rings (SSSR count). The summed E-state index contributed by atoms with van der Waals surface area (Å²) in [4.78, 5) is 0. The second kappa shape index (κ2) is 9.15. The molecule has 1 aliphatic rings. The Hall–Kier alpha value is -2.47. The molecule has 146 valence electrons. The maximum absolute atomic E-state index is 12.7. The van der Waals surface area contributed by atoms with Gasteiger partial charge in [-0.3, -0.25) is 0 Å². The molecule has 0 unspecified atom stereocenters. The van der Waals surface area contributed by atoms with Gasteiger partial charge in [-0.05, 0) is 79.8 Å². The number of halogens is 3. The lowest BCUT2D eigenvalue weighted by molar-refractivity contribution is -0.137. The molecule has 28 heavy (non-hydrogen) atoms. The van der Waals surface area contributed by atoms with E-state index in [1.54, 1.807) is 12.1 Å². The molecule has 2 aromatic carbocycles. The molecule has 0 radical (unpaired) electrons. The molecule has 3 heteroatoms. The molecule has 2 aromatic rings. The minimum absolute atomic E-state index is 0.337. The van der Waals surface area contributed by atoms with Gasteiger partial charge in [0.25, 0.3) is 0 Å². The Labute approximate surface area is 165 Å². The molecule has 0 heterocycles. The van der Waals surface area contributed by atoms with Crippen LogP contribution in [0.5, 0.6) is 0 Å². The van der Waals surface area contributed by atoms with Gasteiger partial charge in [-0.15, -0.1) is 6.58 Å². The second-order valence-electron chi connectivity index (χ2n) is 7.46. The summed E-state index contributed by atoms with van der Waals surface area (Å²) in [6.07, 6.45) is 3.59. The largest absolute Gasteiger partial charge is 0.416 e. The van der Waals surface area contributed by atoms with E-state index in [2.05, 4.69) is 42.7 Å². The Morgan fingerprint density at radius 1 is 0.929 bits per heavy atom. The zero-order valence-corrected chi connectivity index (χ0v) is 15.9. The lowest BCUT2D eigenvalue weighted by Gasteiger charge is -2.26. The van der Waals surface area contributed by atoms with Crippen molar-refractivity contribution in [1.82, 2.24) is 0 Å². The highest BCUT2D eigenvalue weighted by Crippen LogP contribution is 2.37. The summed E-state index contributed by atoms with van der Waals surface area (Å²) < 4.78 is 38.1. The van der Waals surface area contributed by atoms with Crippen LogP contribution < -0.4 is 0 Å². The van der Waals surface area contributed by atoms with Crippen LogP contribution in [0.25, 0.3) is 0 Å². The normalized spacial score (nSPS) is 19.5. The van der Waals surface area contributed by atoms with E-state index >= 15 is 0 Å². The first kappa shape index (κ1) is 20.3. The first-order valence-electron chi connectivity index (χ1n) is 9.84. The highest BCUT2D eigenvalue weighted by molar-refractivity contribution is 5.37. The van der Waals surface area contributed by atoms with E-state index in [0.29, 0.717) is 11.8 Å².